The molecular formula is C15H23N3O2. The molecule has 1 saturated heterocycles. The fourth-order valence-corrected chi connectivity index (χ4v) is 2.81. The molecule has 2 atom stereocenters. The van der Waals surface area contributed by atoms with Gasteiger partial charge >= 0.3 is 5.97 Å². The molecule has 2 rings (SSSR count). The van der Waals surface area contributed by atoms with E-state index in [-0.39, 0.29) is 5.97 Å². The van der Waals surface area contributed by atoms with Gasteiger partial charge in [0.15, 0.2) is 0 Å². The molecule has 110 valence electrons. The van der Waals surface area contributed by atoms with Gasteiger partial charge in [-0.1, -0.05) is 6.92 Å². The SMILES string of the molecule is COC(=O)c1ccc(N2CCC(C)CC2CN)nc1C. The van der Waals surface area contributed by atoms with Crippen LogP contribution in [0.1, 0.15) is 35.8 Å². The third-order valence-corrected chi connectivity index (χ3v) is 4.02. The van der Waals surface area contributed by atoms with Crippen LogP contribution in [0.2, 0.25) is 0 Å². The maximum Gasteiger partial charge on any atom is 0.339 e. The van der Waals surface area contributed by atoms with Crippen LogP contribution in [0.15, 0.2) is 12.1 Å². The minimum Gasteiger partial charge on any atom is -0.465 e. The lowest BCUT2D eigenvalue weighted by atomic mass is 9.92. The predicted octanol–water partition coefficient (Wildman–Crippen LogP) is 1.74. The number of piperidine rings is 1. The van der Waals surface area contributed by atoms with Gasteiger partial charge in [-0.25, -0.2) is 9.78 Å². The lowest BCUT2D eigenvalue weighted by molar-refractivity contribution is 0.0599. The van der Waals surface area contributed by atoms with Crippen LogP contribution in [0, 0.1) is 12.8 Å². The number of hydrogen-bond acceptors (Lipinski definition) is 5. The van der Waals surface area contributed by atoms with Crippen molar-refractivity contribution in [3.8, 4) is 0 Å². The van der Waals surface area contributed by atoms with Crippen LogP contribution in [-0.4, -0.2) is 37.2 Å². The molecule has 0 saturated carbocycles. The molecule has 2 heterocycles. The standard InChI is InChI=1S/C15H23N3O2/c1-10-6-7-18(12(8-10)9-16)14-5-4-13(11(2)17-14)15(19)20-3/h4-5,10,12H,6-9,16H2,1-3H3. The van der Waals surface area contributed by atoms with Gasteiger partial charge in [0.05, 0.1) is 18.4 Å². The first kappa shape index (κ1) is 14.8. The fraction of sp³-hybridized carbons (Fsp3) is 0.600. The number of ether oxygens (including phenoxy) is 1. The molecule has 0 bridgehead atoms. The van der Waals surface area contributed by atoms with Crippen molar-refractivity contribution < 1.29 is 9.53 Å². The highest BCUT2D eigenvalue weighted by molar-refractivity contribution is 5.90. The average molecular weight is 277 g/mol. The van der Waals surface area contributed by atoms with Gasteiger partial charge in [-0.2, -0.15) is 0 Å². The van der Waals surface area contributed by atoms with E-state index in [1.807, 2.05) is 13.0 Å². The van der Waals surface area contributed by atoms with E-state index >= 15 is 0 Å². The number of aromatic nitrogens is 1. The Morgan fingerprint density at radius 3 is 2.90 bits per heavy atom. The van der Waals surface area contributed by atoms with E-state index < -0.39 is 0 Å². The Labute approximate surface area is 120 Å². The molecule has 0 radical (unpaired) electrons. The zero-order valence-corrected chi connectivity index (χ0v) is 12.4. The Bertz CT molecular complexity index is 490. The Morgan fingerprint density at radius 2 is 2.30 bits per heavy atom. The van der Waals surface area contributed by atoms with E-state index in [4.69, 9.17) is 10.5 Å². The van der Waals surface area contributed by atoms with Crippen LogP contribution < -0.4 is 10.6 Å². The van der Waals surface area contributed by atoms with Crippen LogP contribution >= 0.6 is 0 Å². The number of nitrogens with two attached hydrogens (primary N) is 1. The summed E-state index contributed by atoms with van der Waals surface area (Å²) in [5.41, 5.74) is 7.10. The lowest BCUT2D eigenvalue weighted by Gasteiger charge is -2.39. The Hall–Kier alpha value is -1.62. The van der Waals surface area contributed by atoms with E-state index in [1.165, 1.54) is 7.11 Å². The summed E-state index contributed by atoms with van der Waals surface area (Å²) in [5.74, 6) is 1.26. The second-order valence-electron chi connectivity index (χ2n) is 5.51. The molecule has 0 spiro atoms. The molecule has 1 aromatic rings. The van der Waals surface area contributed by atoms with Crippen molar-refractivity contribution in [3.05, 3.63) is 23.4 Å². The number of methoxy groups -OCH3 is 1. The molecular weight excluding hydrogens is 254 g/mol. The largest absolute Gasteiger partial charge is 0.465 e. The molecule has 1 aliphatic rings. The summed E-state index contributed by atoms with van der Waals surface area (Å²) in [6, 6.07) is 4.00. The summed E-state index contributed by atoms with van der Waals surface area (Å²) in [6.45, 7) is 5.69. The summed E-state index contributed by atoms with van der Waals surface area (Å²) in [5, 5.41) is 0. The Balaban J connectivity index is 2.24. The highest BCUT2D eigenvalue weighted by Gasteiger charge is 2.26. The van der Waals surface area contributed by atoms with E-state index in [9.17, 15) is 4.79 Å². The van der Waals surface area contributed by atoms with Crippen molar-refractivity contribution in [1.82, 2.24) is 4.98 Å². The minimum absolute atomic E-state index is 0.328. The zero-order chi connectivity index (χ0) is 14.7. The van der Waals surface area contributed by atoms with E-state index in [0.717, 1.165) is 25.2 Å². The quantitative estimate of drug-likeness (QED) is 0.852. The van der Waals surface area contributed by atoms with Crippen molar-refractivity contribution in [2.45, 2.75) is 32.7 Å². The second-order valence-corrected chi connectivity index (χ2v) is 5.51. The number of pyridine rings is 1. The number of hydrogen-bond donors (Lipinski definition) is 1. The highest BCUT2D eigenvalue weighted by atomic mass is 16.5. The summed E-state index contributed by atoms with van der Waals surface area (Å²) in [4.78, 5) is 18.4. The van der Waals surface area contributed by atoms with Gasteiger partial charge in [-0.15, -0.1) is 0 Å². The molecule has 0 amide bonds. The number of nitrogens with zero attached hydrogens (tertiary/aromatic N) is 2. The van der Waals surface area contributed by atoms with Gasteiger partial charge < -0.3 is 15.4 Å². The highest BCUT2D eigenvalue weighted by Crippen LogP contribution is 2.27. The molecule has 0 aromatic carbocycles. The minimum atomic E-state index is -0.343. The second kappa shape index (κ2) is 6.22. The first-order valence-electron chi connectivity index (χ1n) is 7.09. The Kier molecular flexibility index (Phi) is 4.60. The van der Waals surface area contributed by atoms with Crippen LogP contribution in [0.25, 0.3) is 0 Å². The van der Waals surface area contributed by atoms with Gasteiger partial charge in [-0.05, 0) is 37.8 Å². The first-order chi connectivity index (χ1) is 9.56. The van der Waals surface area contributed by atoms with Gasteiger partial charge in [0.25, 0.3) is 0 Å². The van der Waals surface area contributed by atoms with Gasteiger partial charge in [0.2, 0.25) is 0 Å². The molecule has 0 aliphatic carbocycles. The molecule has 2 N–H and O–H groups in total. The molecule has 2 unspecified atom stereocenters. The maximum absolute atomic E-state index is 11.6. The van der Waals surface area contributed by atoms with Crippen LogP contribution in [0.5, 0.6) is 0 Å². The summed E-state index contributed by atoms with van der Waals surface area (Å²) in [6.07, 6.45) is 2.24. The van der Waals surface area contributed by atoms with E-state index in [0.29, 0.717) is 29.8 Å². The average Bonchev–Trinajstić information content (AvgIpc) is 2.46. The van der Waals surface area contributed by atoms with Gasteiger partial charge in [0, 0.05) is 19.1 Å². The number of aryl methyl sites for hydroxylation is 1. The number of esters is 1. The molecule has 20 heavy (non-hydrogen) atoms. The molecule has 1 aromatic heterocycles. The number of rotatable bonds is 3. The first-order valence-corrected chi connectivity index (χ1v) is 7.09. The van der Waals surface area contributed by atoms with Gasteiger partial charge in [0.1, 0.15) is 5.82 Å². The summed E-state index contributed by atoms with van der Waals surface area (Å²) < 4.78 is 4.75. The van der Waals surface area contributed by atoms with Crippen LogP contribution in [-0.2, 0) is 4.74 Å². The smallest absolute Gasteiger partial charge is 0.339 e. The number of anilines is 1. The van der Waals surface area contributed by atoms with Crippen molar-refractivity contribution in [3.63, 3.8) is 0 Å². The van der Waals surface area contributed by atoms with Crippen molar-refractivity contribution in [2.24, 2.45) is 11.7 Å². The number of carbonyl (C=O) groups excluding carboxylic acids is 1. The van der Waals surface area contributed by atoms with Crippen molar-refractivity contribution >= 4 is 11.8 Å². The Morgan fingerprint density at radius 1 is 1.55 bits per heavy atom. The molecule has 5 heteroatoms. The maximum atomic E-state index is 11.6. The van der Waals surface area contributed by atoms with E-state index in [2.05, 4.69) is 16.8 Å². The zero-order valence-electron chi connectivity index (χ0n) is 12.4. The van der Waals surface area contributed by atoms with Crippen LogP contribution in [0.3, 0.4) is 0 Å². The van der Waals surface area contributed by atoms with Crippen molar-refractivity contribution in [2.75, 3.05) is 25.1 Å². The van der Waals surface area contributed by atoms with E-state index in [1.54, 1.807) is 6.07 Å². The normalized spacial score (nSPS) is 22.7. The van der Waals surface area contributed by atoms with Crippen molar-refractivity contribution in [1.29, 1.82) is 0 Å². The molecule has 5 nitrogen and oxygen atoms in total. The topological polar surface area (TPSA) is 68.5 Å². The monoisotopic (exact) mass is 277 g/mol. The number of carbonyl (C=O) groups is 1. The summed E-state index contributed by atoms with van der Waals surface area (Å²) in [7, 11) is 1.38. The lowest BCUT2D eigenvalue weighted by Crippen LogP contribution is -2.46. The van der Waals surface area contributed by atoms with Crippen LogP contribution in [0.4, 0.5) is 5.82 Å². The summed E-state index contributed by atoms with van der Waals surface area (Å²) >= 11 is 0. The molecule has 1 fully saturated rings. The third-order valence-electron chi connectivity index (χ3n) is 4.02. The molecule has 1 aliphatic heterocycles. The predicted molar refractivity (Wildman–Crippen MR) is 78.9 cm³/mol. The van der Waals surface area contributed by atoms with Gasteiger partial charge in [-0.3, -0.25) is 0 Å². The third kappa shape index (κ3) is 2.93. The fourth-order valence-electron chi connectivity index (χ4n) is 2.81.